The number of anilines is 1. The Bertz CT molecular complexity index is 440. The van der Waals surface area contributed by atoms with Crippen LogP contribution < -0.4 is 5.32 Å². The fraction of sp³-hybridized carbons (Fsp3) is 0.417. The van der Waals surface area contributed by atoms with Crippen LogP contribution in [0.1, 0.15) is 16.8 Å². The lowest BCUT2D eigenvalue weighted by Crippen LogP contribution is -2.07. The van der Waals surface area contributed by atoms with Gasteiger partial charge in [-0.05, 0) is 24.3 Å². The SMILES string of the molecule is O=Cc1ccc(NCCSCCCO)c([N+](=O)[O-])c1. The zero-order chi connectivity index (χ0) is 14.1. The Kier molecular flexibility index (Phi) is 6.91. The van der Waals surface area contributed by atoms with Gasteiger partial charge in [0.15, 0.2) is 0 Å². The molecule has 7 heteroatoms. The minimum absolute atomic E-state index is 0.0926. The van der Waals surface area contributed by atoms with Gasteiger partial charge in [0.1, 0.15) is 12.0 Å². The lowest BCUT2D eigenvalue weighted by atomic mass is 10.2. The van der Waals surface area contributed by atoms with Gasteiger partial charge >= 0.3 is 0 Å². The van der Waals surface area contributed by atoms with Crippen LogP contribution in [0, 0.1) is 10.1 Å². The zero-order valence-corrected chi connectivity index (χ0v) is 11.2. The highest BCUT2D eigenvalue weighted by Crippen LogP contribution is 2.24. The van der Waals surface area contributed by atoms with Crippen molar-refractivity contribution in [2.24, 2.45) is 0 Å². The molecular formula is C12H16N2O4S. The molecule has 0 spiro atoms. The Hall–Kier alpha value is -1.60. The Morgan fingerprint density at radius 1 is 1.42 bits per heavy atom. The highest BCUT2D eigenvalue weighted by atomic mass is 32.2. The lowest BCUT2D eigenvalue weighted by molar-refractivity contribution is -0.384. The molecule has 0 heterocycles. The van der Waals surface area contributed by atoms with Crippen molar-refractivity contribution in [3.05, 3.63) is 33.9 Å². The van der Waals surface area contributed by atoms with E-state index in [9.17, 15) is 14.9 Å². The van der Waals surface area contributed by atoms with E-state index in [-0.39, 0.29) is 17.9 Å². The predicted molar refractivity (Wildman–Crippen MR) is 76.0 cm³/mol. The van der Waals surface area contributed by atoms with Crippen molar-refractivity contribution in [3.63, 3.8) is 0 Å². The molecule has 0 aliphatic rings. The number of nitrogens with one attached hydrogen (secondary N) is 1. The molecule has 1 aromatic carbocycles. The maximum atomic E-state index is 10.9. The Balaban J connectivity index is 2.53. The molecule has 0 bridgehead atoms. The number of hydrogen-bond acceptors (Lipinski definition) is 6. The molecule has 1 rings (SSSR count). The quantitative estimate of drug-likeness (QED) is 0.311. The van der Waals surface area contributed by atoms with Gasteiger partial charge in [0.25, 0.3) is 5.69 Å². The molecule has 19 heavy (non-hydrogen) atoms. The van der Waals surface area contributed by atoms with Gasteiger partial charge in [-0.25, -0.2) is 0 Å². The Morgan fingerprint density at radius 2 is 2.21 bits per heavy atom. The maximum absolute atomic E-state index is 10.9. The van der Waals surface area contributed by atoms with Crippen LogP contribution in [0.5, 0.6) is 0 Å². The van der Waals surface area contributed by atoms with Gasteiger partial charge in [0, 0.05) is 30.5 Å². The topological polar surface area (TPSA) is 92.5 Å². The highest BCUT2D eigenvalue weighted by molar-refractivity contribution is 7.99. The Morgan fingerprint density at radius 3 is 2.84 bits per heavy atom. The van der Waals surface area contributed by atoms with Gasteiger partial charge in [-0.1, -0.05) is 0 Å². The molecule has 0 unspecified atom stereocenters. The molecule has 0 amide bonds. The van der Waals surface area contributed by atoms with Crippen molar-refractivity contribution >= 4 is 29.4 Å². The molecule has 0 saturated carbocycles. The summed E-state index contributed by atoms with van der Waals surface area (Å²) in [5.41, 5.74) is 0.609. The normalized spacial score (nSPS) is 10.2. The van der Waals surface area contributed by atoms with Crippen molar-refractivity contribution in [3.8, 4) is 0 Å². The molecule has 2 N–H and O–H groups in total. The number of aliphatic hydroxyl groups excluding tert-OH is 1. The fourth-order valence-electron chi connectivity index (χ4n) is 1.45. The second-order valence-corrected chi connectivity index (χ2v) is 4.99. The minimum Gasteiger partial charge on any atom is -0.396 e. The Labute approximate surface area is 115 Å². The molecule has 0 atom stereocenters. The minimum atomic E-state index is -0.506. The van der Waals surface area contributed by atoms with Crippen LogP contribution in [0.2, 0.25) is 0 Å². The summed E-state index contributed by atoms with van der Waals surface area (Å²) in [7, 11) is 0. The summed E-state index contributed by atoms with van der Waals surface area (Å²) < 4.78 is 0. The molecule has 1 aromatic rings. The molecule has 0 aliphatic carbocycles. The molecular weight excluding hydrogens is 268 g/mol. The predicted octanol–water partition coefficient (Wildman–Crippen LogP) is 1.93. The third-order valence-electron chi connectivity index (χ3n) is 2.36. The number of aldehydes is 1. The van der Waals surface area contributed by atoms with E-state index < -0.39 is 4.92 Å². The number of thioether (sulfide) groups is 1. The smallest absolute Gasteiger partial charge is 0.293 e. The molecule has 6 nitrogen and oxygen atoms in total. The molecule has 0 saturated heterocycles. The molecule has 0 fully saturated rings. The van der Waals surface area contributed by atoms with E-state index in [1.807, 2.05) is 0 Å². The number of nitro groups is 1. The van der Waals surface area contributed by atoms with Crippen LogP contribution in [0.3, 0.4) is 0 Å². The average Bonchev–Trinajstić information content (AvgIpc) is 2.42. The second-order valence-electron chi connectivity index (χ2n) is 3.77. The first-order chi connectivity index (χ1) is 9.19. The van der Waals surface area contributed by atoms with Gasteiger partial charge in [0.05, 0.1) is 4.92 Å². The number of hydrogen-bond donors (Lipinski definition) is 2. The molecule has 104 valence electrons. The van der Waals surface area contributed by atoms with Crippen LogP contribution in [0.15, 0.2) is 18.2 Å². The summed E-state index contributed by atoms with van der Waals surface area (Å²) in [6.45, 7) is 0.774. The molecule has 0 radical (unpaired) electrons. The van der Waals surface area contributed by atoms with Crippen molar-refractivity contribution in [2.45, 2.75) is 6.42 Å². The van der Waals surface area contributed by atoms with Gasteiger partial charge in [-0.3, -0.25) is 14.9 Å². The summed E-state index contributed by atoms with van der Waals surface area (Å²) in [6, 6.07) is 4.34. The number of aliphatic hydroxyl groups is 1. The largest absolute Gasteiger partial charge is 0.396 e. The van der Waals surface area contributed by atoms with Crippen LogP contribution >= 0.6 is 11.8 Å². The summed E-state index contributed by atoms with van der Waals surface area (Å²) in [6.07, 6.45) is 1.33. The number of rotatable bonds is 9. The monoisotopic (exact) mass is 284 g/mol. The van der Waals surface area contributed by atoms with E-state index in [0.29, 0.717) is 18.5 Å². The van der Waals surface area contributed by atoms with E-state index in [1.54, 1.807) is 23.9 Å². The first-order valence-electron chi connectivity index (χ1n) is 5.85. The van der Waals surface area contributed by atoms with Crippen molar-refractivity contribution in [1.29, 1.82) is 0 Å². The van der Waals surface area contributed by atoms with Gasteiger partial charge in [-0.15, -0.1) is 0 Å². The average molecular weight is 284 g/mol. The van der Waals surface area contributed by atoms with E-state index >= 15 is 0 Å². The maximum Gasteiger partial charge on any atom is 0.293 e. The van der Waals surface area contributed by atoms with Crippen LogP contribution in [0.25, 0.3) is 0 Å². The van der Waals surface area contributed by atoms with Gasteiger partial charge in [-0.2, -0.15) is 11.8 Å². The van der Waals surface area contributed by atoms with Crippen molar-refractivity contribution < 1.29 is 14.8 Å². The van der Waals surface area contributed by atoms with E-state index in [1.165, 1.54) is 6.07 Å². The van der Waals surface area contributed by atoms with Crippen LogP contribution in [-0.4, -0.2) is 41.0 Å². The van der Waals surface area contributed by atoms with Crippen LogP contribution in [-0.2, 0) is 0 Å². The first-order valence-corrected chi connectivity index (χ1v) is 7.00. The van der Waals surface area contributed by atoms with E-state index in [0.717, 1.165) is 17.9 Å². The summed E-state index contributed by atoms with van der Waals surface area (Å²) in [5.74, 6) is 1.66. The summed E-state index contributed by atoms with van der Waals surface area (Å²) in [5, 5.41) is 22.5. The number of carbonyl (C=O) groups is 1. The first kappa shape index (κ1) is 15.5. The standard InChI is InChI=1S/C12H16N2O4S/c15-5-1-6-19-7-4-13-11-3-2-10(9-16)8-12(11)14(17)18/h2-3,8-9,13,15H,1,4-7H2. The highest BCUT2D eigenvalue weighted by Gasteiger charge is 2.13. The van der Waals surface area contributed by atoms with Crippen molar-refractivity contribution in [1.82, 2.24) is 0 Å². The molecule has 0 aromatic heterocycles. The van der Waals surface area contributed by atoms with E-state index in [4.69, 9.17) is 5.11 Å². The van der Waals surface area contributed by atoms with Gasteiger partial charge < -0.3 is 10.4 Å². The van der Waals surface area contributed by atoms with Crippen molar-refractivity contribution in [2.75, 3.05) is 30.0 Å². The number of carbonyl (C=O) groups excluding carboxylic acids is 1. The fourth-order valence-corrected chi connectivity index (χ4v) is 2.23. The lowest BCUT2D eigenvalue weighted by Gasteiger charge is -2.07. The van der Waals surface area contributed by atoms with E-state index in [2.05, 4.69) is 5.32 Å². The zero-order valence-electron chi connectivity index (χ0n) is 10.4. The third kappa shape index (κ3) is 5.27. The third-order valence-corrected chi connectivity index (χ3v) is 3.43. The second kappa shape index (κ2) is 8.49. The number of benzene rings is 1. The molecule has 0 aliphatic heterocycles. The summed E-state index contributed by atoms with van der Waals surface area (Å²) >= 11 is 1.67. The number of nitro benzene ring substituents is 1. The van der Waals surface area contributed by atoms with Gasteiger partial charge in [0.2, 0.25) is 0 Å². The summed E-state index contributed by atoms with van der Waals surface area (Å²) in [4.78, 5) is 21.0. The van der Waals surface area contributed by atoms with Crippen LogP contribution in [0.4, 0.5) is 11.4 Å². The number of nitrogens with zero attached hydrogens (tertiary/aromatic N) is 1.